The monoisotopic (exact) mass is 379 g/mol. The predicted molar refractivity (Wildman–Crippen MR) is 80.3 cm³/mol. The molecule has 0 saturated carbocycles. The van der Waals surface area contributed by atoms with E-state index in [9.17, 15) is 17.6 Å². The Morgan fingerprint density at radius 2 is 1.88 bits per heavy atom. The van der Waals surface area contributed by atoms with Gasteiger partial charge in [0.05, 0.1) is 18.4 Å². The minimum atomic E-state index is -4.86. The Balaban J connectivity index is 2.11. The van der Waals surface area contributed by atoms with Crippen LogP contribution >= 0.6 is 23.2 Å². The van der Waals surface area contributed by atoms with E-state index in [1.54, 1.807) is 0 Å². The second-order valence-corrected chi connectivity index (χ2v) is 5.64. The summed E-state index contributed by atoms with van der Waals surface area (Å²) in [6.07, 6.45) is -3.62. The van der Waals surface area contributed by atoms with Crippen molar-refractivity contribution in [3.8, 4) is 0 Å². The van der Waals surface area contributed by atoms with Gasteiger partial charge in [0.1, 0.15) is 11.3 Å². The highest BCUT2D eigenvalue weighted by Gasteiger charge is 2.35. The molecule has 11 heteroatoms. The fourth-order valence-electron chi connectivity index (χ4n) is 2.19. The number of aromatic nitrogens is 4. The quantitative estimate of drug-likeness (QED) is 0.541. The SMILES string of the molecule is Nc1nc(Cl)c2ncn(Cc3cc(Cl)cc(C(F)(F)F)c3F)c2n1. The third-order valence-electron chi connectivity index (χ3n) is 3.20. The molecule has 24 heavy (non-hydrogen) atoms. The van der Waals surface area contributed by atoms with Crippen LogP contribution in [0.4, 0.5) is 23.5 Å². The van der Waals surface area contributed by atoms with E-state index in [1.807, 2.05) is 0 Å². The van der Waals surface area contributed by atoms with E-state index in [4.69, 9.17) is 28.9 Å². The van der Waals surface area contributed by atoms with Crippen LogP contribution in [-0.2, 0) is 12.7 Å². The smallest absolute Gasteiger partial charge is 0.368 e. The van der Waals surface area contributed by atoms with E-state index in [-0.39, 0.29) is 39.4 Å². The number of nitrogens with zero attached hydrogens (tertiary/aromatic N) is 4. The Kier molecular flexibility index (Phi) is 4.00. The normalized spacial score (nSPS) is 12.1. The number of benzene rings is 1. The second kappa shape index (κ2) is 5.75. The molecular weight excluding hydrogens is 373 g/mol. The zero-order valence-electron chi connectivity index (χ0n) is 11.6. The van der Waals surface area contributed by atoms with Crippen molar-refractivity contribution in [3.63, 3.8) is 0 Å². The summed E-state index contributed by atoms with van der Waals surface area (Å²) in [7, 11) is 0. The molecule has 2 heterocycles. The third-order valence-corrected chi connectivity index (χ3v) is 3.68. The molecule has 1 aromatic carbocycles. The van der Waals surface area contributed by atoms with Crippen LogP contribution in [0.3, 0.4) is 0 Å². The van der Waals surface area contributed by atoms with Gasteiger partial charge in [-0.2, -0.15) is 23.1 Å². The highest BCUT2D eigenvalue weighted by Crippen LogP contribution is 2.35. The average molecular weight is 380 g/mol. The number of hydrogen-bond donors (Lipinski definition) is 1. The molecule has 0 aliphatic rings. The molecule has 0 fully saturated rings. The van der Waals surface area contributed by atoms with Crippen molar-refractivity contribution >= 4 is 40.3 Å². The summed E-state index contributed by atoms with van der Waals surface area (Å²) < 4.78 is 54.1. The van der Waals surface area contributed by atoms with Crippen molar-refractivity contribution in [1.29, 1.82) is 0 Å². The number of nitrogens with two attached hydrogens (primary N) is 1. The average Bonchev–Trinajstić information content (AvgIpc) is 2.84. The first-order valence-electron chi connectivity index (χ1n) is 6.36. The summed E-state index contributed by atoms with van der Waals surface area (Å²) in [4.78, 5) is 11.6. The van der Waals surface area contributed by atoms with Gasteiger partial charge >= 0.3 is 6.18 Å². The van der Waals surface area contributed by atoms with Gasteiger partial charge in [-0.1, -0.05) is 23.2 Å². The summed E-state index contributed by atoms with van der Waals surface area (Å²) in [5, 5.41) is -0.255. The number of nitrogen functional groups attached to an aromatic ring is 1. The summed E-state index contributed by atoms with van der Waals surface area (Å²) in [5.74, 6) is -1.56. The molecule has 0 aliphatic heterocycles. The van der Waals surface area contributed by atoms with Crippen LogP contribution in [0.1, 0.15) is 11.1 Å². The van der Waals surface area contributed by atoms with Gasteiger partial charge in [-0.3, -0.25) is 0 Å². The molecule has 0 bridgehead atoms. The van der Waals surface area contributed by atoms with E-state index < -0.39 is 17.6 Å². The van der Waals surface area contributed by atoms with Crippen LogP contribution in [0.5, 0.6) is 0 Å². The van der Waals surface area contributed by atoms with Gasteiger partial charge in [0.15, 0.2) is 10.8 Å². The maximum absolute atomic E-state index is 14.2. The lowest BCUT2D eigenvalue weighted by Gasteiger charge is -2.13. The Bertz CT molecular complexity index is 938. The summed E-state index contributed by atoms with van der Waals surface area (Å²) in [5.41, 5.74) is 4.14. The summed E-state index contributed by atoms with van der Waals surface area (Å²) >= 11 is 11.5. The largest absolute Gasteiger partial charge is 0.419 e. The van der Waals surface area contributed by atoms with Crippen molar-refractivity contribution in [1.82, 2.24) is 19.5 Å². The van der Waals surface area contributed by atoms with Crippen molar-refractivity contribution in [2.75, 3.05) is 5.73 Å². The Labute approximate surface area is 142 Å². The first-order chi connectivity index (χ1) is 11.2. The molecule has 2 aromatic heterocycles. The van der Waals surface area contributed by atoms with Gasteiger partial charge in [-0.05, 0) is 12.1 Å². The number of rotatable bonds is 2. The van der Waals surface area contributed by atoms with Gasteiger partial charge in [0.25, 0.3) is 0 Å². The Hall–Kier alpha value is -2.13. The molecule has 3 aromatic rings. The number of anilines is 1. The van der Waals surface area contributed by atoms with Gasteiger partial charge in [-0.15, -0.1) is 0 Å². The fraction of sp³-hybridized carbons (Fsp3) is 0.154. The van der Waals surface area contributed by atoms with Crippen LogP contribution in [0.25, 0.3) is 11.2 Å². The number of imidazole rings is 1. The highest BCUT2D eigenvalue weighted by molar-refractivity contribution is 6.33. The lowest BCUT2D eigenvalue weighted by molar-refractivity contribution is -0.140. The topological polar surface area (TPSA) is 69.6 Å². The first-order valence-corrected chi connectivity index (χ1v) is 7.11. The minimum absolute atomic E-state index is 0.0150. The molecule has 0 atom stereocenters. The molecule has 2 N–H and O–H groups in total. The van der Waals surface area contributed by atoms with Crippen molar-refractivity contribution in [2.24, 2.45) is 0 Å². The molecule has 5 nitrogen and oxygen atoms in total. The van der Waals surface area contributed by atoms with Crippen LogP contribution in [0.15, 0.2) is 18.5 Å². The molecular formula is C13H7Cl2F4N5. The van der Waals surface area contributed by atoms with E-state index in [1.165, 1.54) is 10.9 Å². The fourth-order valence-corrected chi connectivity index (χ4v) is 2.65. The Morgan fingerprint density at radius 1 is 1.17 bits per heavy atom. The standard InChI is InChI=1S/C13H7Cl2F4N5/c14-6-1-5(8(16)7(2-6)13(17,18)19)3-24-4-21-9-10(15)22-12(20)23-11(9)24/h1-2,4H,3H2,(H2,20,22,23). The number of alkyl halides is 3. The Morgan fingerprint density at radius 3 is 2.54 bits per heavy atom. The molecule has 0 unspecified atom stereocenters. The van der Waals surface area contributed by atoms with E-state index in [2.05, 4.69) is 15.0 Å². The molecule has 0 saturated heterocycles. The summed E-state index contributed by atoms with van der Waals surface area (Å²) in [6.45, 7) is -0.293. The van der Waals surface area contributed by atoms with Gasteiger partial charge in [0.2, 0.25) is 5.95 Å². The minimum Gasteiger partial charge on any atom is -0.368 e. The molecule has 0 aliphatic carbocycles. The van der Waals surface area contributed by atoms with Crippen LogP contribution < -0.4 is 5.73 Å². The zero-order valence-corrected chi connectivity index (χ0v) is 13.1. The lowest BCUT2D eigenvalue weighted by atomic mass is 10.1. The van der Waals surface area contributed by atoms with Crippen LogP contribution in [0.2, 0.25) is 10.2 Å². The maximum Gasteiger partial charge on any atom is 0.419 e. The number of fused-ring (bicyclic) bond motifs is 1. The first kappa shape index (κ1) is 16.7. The van der Waals surface area contributed by atoms with E-state index in [0.717, 1.165) is 6.07 Å². The van der Waals surface area contributed by atoms with Crippen LogP contribution in [0, 0.1) is 5.82 Å². The summed E-state index contributed by atoms with van der Waals surface area (Å²) in [6, 6.07) is 1.63. The van der Waals surface area contributed by atoms with Crippen molar-refractivity contribution in [2.45, 2.75) is 12.7 Å². The maximum atomic E-state index is 14.2. The molecule has 126 valence electrons. The number of hydrogen-bond acceptors (Lipinski definition) is 4. The second-order valence-electron chi connectivity index (χ2n) is 4.84. The van der Waals surface area contributed by atoms with E-state index in [0.29, 0.717) is 6.07 Å². The lowest BCUT2D eigenvalue weighted by Crippen LogP contribution is -2.12. The van der Waals surface area contributed by atoms with Crippen molar-refractivity contribution in [3.05, 3.63) is 45.6 Å². The zero-order chi connectivity index (χ0) is 17.6. The highest BCUT2D eigenvalue weighted by atomic mass is 35.5. The molecule has 3 rings (SSSR count). The molecule has 0 radical (unpaired) electrons. The van der Waals surface area contributed by atoms with Crippen molar-refractivity contribution < 1.29 is 17.6 Å². The predicted octanol–water partition coefficient (Wildman–Crippen LogP) is 3.92. The van der Waals surface area contributed by atoms with Gasteiger partial charge < -0.3 is 10.3 Å². The molecule has 0 amide bonds. The number of halogens is 6. The van der Waals surface area contributed by atoms with E-state index >= 15 is 0 Å². The molecule has 0 spiro atoms. The van der Waals surface area contributed by atoms with Crippen LogP contribution in [-0.4, -0.2) is 19.5 Å². The van der Waals surface area contributed by atoms with Gasteiger partial charge in [-0.25, -0.2) is 9.37 Å². The van der Waals surface area contributed by atoms with Gasteiger partial charge in [0, 0.05) is 10.6 Å². The third kappa shape index (κ3) is 2.96.